The van der Waals surface area contributed by atoms with Gasteiger partial charge in [0.1, 0.15) is 5.75 Å². The molecule has 1 amide bonds. The Morgan fingerprint density at radius 2 is 1.73 bits per heavy atom. The zero-order chi connectivity index (χ0) is 18.2. The Morgan fingerprint density at radius 1 is 1.08 bits per heavy atom. The van der Waals surface area contributed by atoms with Crippen LogP contribution in [0.5, 0.6) is 5.75 Å². The Morgan fingerprint density at radius 3 is 2.38 bits per heavy atom. The van der Waals surface area contributed by atoms with E-state index in [4.69, 9.17) is 4.74 Å². The molecular formula is C22H34N2O2. The summed E-state index contributed by atoms with van der Waals surface area (Å²) < 4.78 is 5.29. The predicted octanol–water partition coefficient (Wildman–Crippen LogP) is 4.31. The molecule has 1 aromatic rings. The van der Waals surface area contributed by atoms with Crippen molar-refractivity contribution in [1.82, 2.24) is 10.2 Å². The van der Waals surface area contributed by atoms with E-state index >= 15 is 0 Å². The van der Waals surface area contributed by atoms with Crippen LogP contribution in [0.2, 0.25) is 0 Å². The molecule has 2 fully saturated rings. The number of likely N-dealkylation sites (tertiary alicyclic amines) is 1. The highest BCUT2D eigenvalue weighted by Gasteiger charge is 2.24. The van der Waals surface area contributed by atoms with Crippen molar-refractivity contribution in [1.29, 1.82) is 0 Å². The minimum atomic E-state index is 0.229. The zero-order valence-corrected chi connectivity index (χ0v) is 16.2. The number of carbonyl (C=O) groups is 1. The monoisotopic (exact) mass is 358 g/mol. The number of methoxy groups -OCH3 is 1. The molecule has 1 saturated carbocycles. The molecule has 1 heterocycles. The molecule has 1 aliphatic heterocycles. The molecule has 144 valence electrons. The van der Waals surface area contributed by atoms with Gasteiger partial charge < -0.3 is 10.1 Å². The quantitative estimate of drug-likeness (QED) is 0.790. The van der Waals surface area contributed by atoms with Gasteiger partial charge in [0, 0.05) is 13.0 Å². The third kappa shape index (κ3) is 5.47. The Kier molecular flexibility index (Phi) is 7.36. The fourth-order valence-corrected chi connectivity index (χ4v) is 4.45. The first-order valence-corrected chi connectivity index (χ1v) is 10.4. The van der Waals surface area contributed by atoms with Gasteiger partial charge in [-0.05, 0) is 62.4 Å². The molecule has 1 N–H and O–H groups in total. The maximum atomic E-state index is 12.5. The van der Waals surface area contributed by atoms with E-state index in [0.29, 0.717) is 18.9 Å². The first kappa shape index (κ1) is 19.2. The van der Waals surface area contributed by atoms with E-state index in [-0.39, 0.29) is 11.9 Å². The summed E-state index contributed by atoms with van der Waals surface area (Å²) in [7, 11) is 1.70. The lowest BCUT2D eigenvalue weighted by atomic mass is 9.87. The summed E-state index contributed by atoms with van der Waals surface area (Å²) in [5.74, 6) is 1.71. The van der Waals surface area contributed by atoms with Crippen molar-refractivity contribution in [3.63, 3.8) is 0 Å². The van der Waals surface area contributed by atoms with Crippen LogP contribution < -0.4 is 10.1 Å². The van der Waals surface area contributed by atoms with Gasteiger partial charge >= 0.3 is 0 Å². The number of carbonyl (C=O) groups excluding carboxylic acids is 1. The molecular weight excluding hydrogens is 324 g/mol. The number of piperidine rings is 1. The van der Waals surface area contributed by atoms with Gasteiger partial charge in [-0.1, -0.05) is 37.8 Å². The highest BCUT2D eigenvalue weighted by molar-refractivity contribution is 5.76. The Labute approximate surface area is 158 Å². The average molecular weight is 359 g/mol. The molecule has 1 unspecified atom stereocenters. The van der Waals surface area contributed by atoms with Crippen LogP contribution in [0, 0.1) is 5.92 Å². The Bertz CT molecular complexity index is 546. The Balaban J connectivity index is 1.59. The van der Waals surface area contributed by atoms with E-state index < -0.39 is 0 Å². The summed E-state index contributed by atoms with van der Waals surface area (Å²) in [6, 6.07) is 8.60. The lowest BCUT2D eigenvalue weighted by molar-refractivity contribution is -0.122. The number of nitrogens with one attached hydrogen (secondary N) is 1. The van der Waals surface area contributed by atoms with Crippen molar-refractivity contribution >= 4 is 5.91 Å². The van der Waals surface area contributed by atoms with E-state index in [0.717, 1.165) is 18.8 Å². The minimum Gasteiger partial charge on any atom is -0.497 e. The molecule has 2 aliphatic rings. The van der Waals surface area contributed by atoms with Crippen LogP contribution in [-0.2, 0) is 4.79 Å². The second kappa shape index (κ2) is 9.96. The van der Waals surface area contributed by atoms with Crippen LogP contribution in [0.15, 0.2) is 24.3 Å². The summed E-state index contributed by atoms with van der Waals surface area (Å²) in [5.41, 5.74) is 1.27. The summed E-state index contributed by atoms with van der Waals surface area (Å²) in [6.07, 6.45) is 10.9. The van der Waals surface area contributed by atoms with Gasteiger partial charge in [0.25, 0.3) is 0 Å². The highest BCUT2D eigenvalue weighted by Crippen LogP contribution is 2.27. The molecule has 0 bridgehead atoms. The first-order chi connectivity index (χ1) is 12.8. The molecule has 26 heavy (non-hydrogen) atoms. The van der Waals surface area contributed by atoms with Crippen molar-refractivity contribution < 1.29 is 9.53 Å². The smallest absolute Gasteiger partial charge is 0.220 e. The van der Waals surface area contributed by atoms with Crippen molar-refractivity contribution in [2.75, 3.05) is 26.7 Å². The molecule has 1 saturated heterocycles. The number of amides is 1. The summed E-state index contributed by atoms with van der Waals surface area (Å²) in [5, 5.41) is 3.24. The fraction of sp³-hybridized carbons (Fsp3) is 0.682. The summed E-state index contributed by atoms with van der Waals surface area (Å²) >= 11 is 0. The van der Waals surface area contributed by atoms with Gasteiger partial charge in [-0.15, -0.1) is 0 Å². The molecule has 4 nitrogen and oxygen atoms in total. The molecule has 0 aromatic heterocycles. The van der Waals surface area contributed by atoms with Crippen LogP contribution in [0.25, 0.3) is 0 Å². The van der Waals surface area contributed by atoms with Crippen molar-refractivity contribution in [3.8, 4) is 5.75 Å². The summed E-state index contributed by atoms with van der Waals surface area (Å²) in [4.78, 5) is 15.0. The number of hydrogen-bond donors (Lipinski definition) is 1. The fourth-order valence-electron chi connectivity index (χ4n) is 4.45. The maximum absolute atomic E-state index is 12.5. The predicted molar refractivity (Wildman–Crippen MR) is 105 cm³/mol. The van der Waals surface area contributed by atoms with E-state index in [1.807, 2.05) is 12.1 Å². The molecule has 0 radical (unpaired) electrons. The van der Waals surface area contributed by atoms with Crippen molar-refractivity contribution in [2.45, 2.75) is 63.8 Å². The number of nitrogens with zero attached hydrogens (tertiary/aromatic N) is 1. The lowest BCUT2D eigenvalue weighted by Crippen LogP contribution is -2.41. The van der Waals surface area contributed by atoms with Gasteiger partial charge in [-0.3, -0.25) is 9.69 Å². The van der Waals surface area contributed by atoms with Gasteiger partial charge in [0.05, 0.1) is 13.2 Å². The molecule has 3 rings (SSSR count). The second-order valence-corrected chi connectivity index (χ2v) is 7.90. The standard InChI is InChI=1S/C22H34N2O2/c1-26-20-12-10-19(11-13-20)21(24-14-6-3-7-15-24)17-23-22(25)16-18-8-4-2-5-9-18/h10-13,18,21H,2-9,14-17H2,1H3,(H,23,25). The summed E-state index contributed by atoms with van der Waals surface area (Å²) in [6.45, 7) is 2.95. The molecule has 1 atom stereocenters. The first-order valence-electron chi connectivity index (χ1n) is 10.4. The largest absolute Gasteiger partial charge is 0.497 e. The SMILES string of the molecule is COc1ccc(C(CNC(=O)CC2CCCCC2)N2CCCCC2)cc1. The topological polar surface area (TPSA) is 41.6 Å². The minimum absolute atomic E-state index is 0.229. The number of rotatable bonds is 7. The van der Waals surface area contributed by atoms with E-state index in [9.17, 15) is 4.79 Å². The molecule has 0 spiro atoms. The van der Waals surface area contributed by atoms with Gasteiger partial charge in [0.2, 0.25) is 5.91 Å². The normalized spacial score (nSPS) is 20.5. The Hall–Kier alpha value is -1.55. The third-order valence-electron chi connectivity index (χ3n) is 6.02. The zero-order valence-electron chi connectivity index (χ0n) is 16.2. The van der Waals surface area contributed by atoms with Crippen LogP contribution in [0.1, 0.15) is 69.4 Å². The van der Waals surface area contributed by atoms with Crippen LogP contribution >= 0.6 is 0 Å². The number of ether oxygens (including phenoxy) is 1. The highest BCUT2D eigenvalue weighted by atomic mass is 16.5. The average Bonchev–Trinajstić information content (AvgIpc) is 2.70. The van der Waals surface area contributed by atoms with Crippen LogP contribution in [0.3, 0.4) is 0 Å². The van der Waals surface area contributed by atoms with Gasteiger partial charge in [0.15, 0.2) is 0 Å². The molecule has 1 aromatic carbocycles. The second-order valence-electron chi connectivity index (χ2n) is 7.90. The van der Waals surface area contributed by atoms with Crippen LogP contribution in [-0.4, -0.2) is 37.6 Å². The van der Waals surface area contributed by atoms with E-state index in [1.165, 1.54) is 56.9 Å². The van der Waals surface area contributed by atoms with Crippen molar-refractivity contribution in [2.24, 2.45) is 5.92 Å². The number of benzene rings is 1. The van der Waals surface area contributed by atoms with Gasteiger partial charge in [-0.25, -0.2) is 0 Å². The third-order valence-corrected chi connectivity index (χ3v) is 6.02. The molecule has 4 heteroatoms. The lowest BCUT2D eigenvalue weighted by Gasteiger charge is -2.35. The van der Waals surface area contributed by atoms with Gasteiger partial charge in [-0.2, -0.15) is 0 Å². The van der Waals surface area contributed by atoms with Crippen molar-refractivity contribution in [3.05, 3.63) is 29.8 Å². The molecule has 1 aliphatic carbocycles. The van der Waals surface area contributed by atoms with E-state index in [2.05, 4.69) is 22.3 Å². The van der Waals surface area contributed by atoms with Crippen LogP contribution in [0.4, 0.5) is 0 Å². The van der Waals surface area contributed by atoms with E-state index in [1.54, 1.807) is 7.11 Å². The maximum Gasteiger partial charge on any atom is 0.220 e. The number of hydrogen-bond acceptors (Lipinski definition) is 3.